The van der Waals surface area contributed by atoms with Crippen molar-refractivity contribution >= 4 is 21.7 Å². The van der Waals surface area contributed by atoms with Gasteiger partial charge in [-0.2, -0.15) is 4.98 Å². The summed E-state index contributed by atoms with van der Waals surface area (Å²) in [6, 6.07) is 4.21. The zero-order chi connectivity index (χ0) is 21.2. The molecule has 9 nitrogen and oxygen atoms in total. The number of aromatic nitrogens is 3. The molecular weight excluding hydrogens is 403 g/mol. The van der Waals surface area contributed by atoms with Gasteiger partial charge in [0, 0.05) is 12.7 Å². The second-order valence-electron chi connectivity index (χ2n) is 7.33. The van der Waals surface area contributed by atoms with Gasteiger partial charge in [0.05, 0.1) is 25.0 Å². The zero-order valence-electron chi connectivity index (χ0n) is 16.4. The Morgan fingerprint density at radius 3 is 2.83 bits per heavy atom. The molecule has 1 saturated heterocycles. The third-order valence-corrected chi connectivity index (χ3v) is 7.60. The summed E-state index contributed by atoms with van der Waals surface area (Å²) < 4.78 is 48.2. The van der Waals surface area contributed by atoms with Crippen LogP contribution < -0.4 is 10.1 Å². The van der Waals surface area contributed by atoms with Crippen LogP contribution in [0.4, 0.5) is 10.3 Å². The monoisotopic (exact) mass is 426 g/mol. The summed E-state index contributed by atoms with van der Waals surface area (Å²) in [6.07, 6.45) is 0.647. The van der Waals surface area contributed by atoms with Gasteiger partial charge in [-0.1, -0.05) is 0 Å². The van der Waals surface area contributed by atoms with E-state index in [1.165, 1.54) is 33.1 Å². The summed E-state index contributed by atoms with van der Waals surface area (Å²) in [5, 5.41) is 8.76. The maximum atomic E-state index is 14.2. The third kappa shape index (κ3) is 4.40. The number of amides is 1. The molecule has 1 aromatic carbocycles. The predicted molar refractivity (Wildman–Crippen MR) is 104 cm³/mol. The minimum absolute atomic E-state index is 0.0872. The number of carbonyl (C=O) groups is 1. The van der Waals surface area contributed by atoms with E-state index >= 15 is 0 Å². The summed E-state index contributed by atoms with van der Waals surface area (Å²) in [5.41, 5.74) is 0.131. The molecule has 0 bridgehead atoms. The minimum atomic E-state index is -3.75. The molecule has 29 heavy (non-hydrogen) atoms. The van der Waals surface area contributed by atoms with Crippen molar-refractivity contribution in [2.24, 2.45) is 5.92 Å². The number of hydrogen-bond donors (Lipinski definition) is 2. The van der Waals surface area contributed by atoms with Crippen molar-refractivity contribution < 1.29 is 27.1 Å². The van der Waals surface area contributed by atoms with Crippen LogP contribution in [0.1, 0.15) is 20.3 Å². The Hall–Kier alpha value is -2.53. The summed E-state index contributed by atoms with van der Waals surface area (Å²) in [5.74, 6) is -1.32. The highest BCUT2D eigenvalue weighted by Gasteiger charge is 2.43. The van der Waals surface area contributed by atoms with E-state index in [9.17, 15) is 17.6 Å². The number of methoxy groups -OCH3 is 1. The Morgan fingerprint density at radius 1 is 1.45 bits per heavy atom. The van der Waals surface area contributed by atoms with E-state index in [4.69, 9.17) is 9.47 Å². The van der Waals surface area contributed by atoms with E-state index in [0.29, 0.717) is 25.4 Å². The minimum Gasteiger partial charge on any atom is -0.497 e. The number of sulfone groups is 1. The van der Waals surface area contributed by atoms with Gasteiger partial charge < -0.3 is 9.47 Å². The van der Waals surface area contributed by atoms with E-state index in [2.05, 4.69) is 20.5 Å². The SMILES string of the molecule is COc1ccc(-c2nc(NC(=O)C(C)(C)S(=O)(=O)C[C@@H]3CCOC3)n[nH]2)c(F)c1. The second-order valence-corrected chi connectivity index (χ2v) is 9.91. The highest BCUT2D eigenvalue weighted by Crippen LogP contribution is 2.26. The van der Waals surface area contributed by atoms with Crippen LogP contribution in [0, 0.1) is 11.7 Å². The quantitative estimate of drug-likeness (QED) is 0.692. The number of nitrogens with zero attached hydrogens (tertiary/aromatic N) is 2. The average molecular weight is 426 g/mol. The van der Waals surface area contributed by atoms with E-state index in [1.807, 2.05) is 0 Å². The van der Waals surface area contributed by atoms with Crippen LogP contribution in [0.3, 0.4) is 0 Å². The van der Waals surface area contributed by atoms with Crippen molar-refractivity contribution in [3.63, 3.8) is 0 Å². The highest BCUT2D eigenvalue weighted by atomic mass is 32.2. The van der Waals surface area contributed by atoms with Gasteiger partial charge in [0.15, 0.2) is 15.7 Å². The number of anilines is 1. The average Bonchev–Trinajstić information content (AvgIpc) is 3.33. The smallest absolute Gasteiger partial charge is 0.249 e. The Labute approximate surface area is 167 Å². The number of carbonyl (C=O) groups excluding carboxylic acids is 1. The van der Waals surface area contributed by atoms with Crippen molar-refractivity contribution in [1.29, 1.82) is 0 Å². The molecule has 1 aliphatic rings. The molecule has 1 amide bonds. The molecule has 1 atom stereocenters. The maximum Gasteiger partial charge on any atom is 0.249 e. The van der Waals surface area contributed by atoms with Crippen molar-refractivity contribution in [2.45, 2.75) is 25.0 Å². The summed E-state index contributed by atoms with van der Waals surface area (Å²) in [4.78, 5) is 16.7. The Balaban J connectivity index is 1.73. The van der Waals surface area contributed by atoms with Gasteiger partial charge in [0.1, 0.15) is 16.3 Å². The van der Waals surface area contributed by atoms with Gasteiger partial charge in [0.2, 0.25) is 11.9 Å². The number of ether oxygens (including phenoxy) is 2. The van der Waals surface area contributed by atoms with Gasteiger partial charge >= 0.3 is 0 Å². The normalized spacial score (nSPS) is 17.3. The third-order valence-electron chi connectivity index (χ3n) is 4.95. The first-order valence-corrected chi connectivity index (χ1v) is 10.7. The molecule has 0 radical (unpaired) electrons. The number of H-pyrrole nitrogens is 1. The lowest BCUT2D eigenvalue weighted by Gasteiger charge is -2.24. The van der Waals surface area contributed by atoms with E-state index < -0.39 is 26.3 Å². The molecule has 158 valence electrons. The van der Waals surface area contributed by atoms with Crippen molar-refractivity contribution in [1.82, 2.24) is 15.2 Å². The number of benzene rings is 1. The standard InChI is InChI=1S/C18H23FN4O5S/c1-18(2,29(25,26)10-11-6-7-28-9-11)16(24)21-17-20-15(22-23-17)13-5-4-12(27-3)8-14(13)19/h4-5,8,11H,6-7,9-10H2,1-3H3,(H2,20,21,22,23,24)/t11-/m1/s1. The lowest BCUT2D eigenvalue weighted by molar-refractivity contribution is -0.117. The summed E-state index contributed by atoms with van der Waals surface area (Å²) >= 11 is 0. The second kappa shape index (κ2) is 8.07. The molecule has 11 heteroatoms. The van der Waals surface area contributed by atoms with E-state index in [1.54, 1.807) is 6.07 Å². The number of nitrogens with one attached hydrogen (secondary N) is 2. The first-order chi connectivity index (χ1) is 13.6. The Bertz CT molecular complexity index is 999. The van der Waals surface area contributed by atoms with Gasteiger partial charge in [-0.25, -0.2) is 12.8 Å². The van der Waals surface area contributed by atoms with Crippen molar-refractivity contribution in [2.75, 3.05) is 31.4 Å². The number of aromatic amines is 1. The summed E-state index contributed by atoms with van der Waals surface area (Å²) in [6.45, 7) is 3.57. The molecule has 1 fully saturated rings. The van der Waals surface area contributed by atoms with Gasteiger partial charge in [-0.05, 0) is 38.3 Å². The predicted octanol–water partition coefficient (Wildman–Crippen LogP) is 1.79. The molecule has 2 heterocycles. The van der Waals surface area contributed by atoms with Gasteiger partial charge in [0.25, 0.3) is 0 Å². The molecule has 0 saturated carbocycles. The maximum absolute atomic E-state index is 14.2. The van der Waals surface area contributed by atoms with Crippen LogP contribution in [0.5, 0.6) is 5.75 Å². The zero-order valence-corrected chi connectivity index (χ0v) is 17.2. The lowest BCUT2D eigenvalue weighted by atomic mass is 10.2. The van der Waals surface area contributed by atoms with Crippen LogP contribution in [0.25, 0.3) is 11.4 Å². The number of rotatable bonds is 7. The van der Waals surface area contributed by atoms with Gasteiger partial charge in [-0.3, -0.25) is 15.2 Å². The van der Waals surface area contributed by atoms with Crippen LogP contribution in [-0.2, 0) is 19.4 Å². The molecule has 2 N–H and O–H groups in total. The topological polar surface area (TPSA) is 123 Å². The number of hydrogen-bond acceptors (Lipinski definition) is 7. The van der Waals surface area contributed by atoms with E-state index in [-0.39, 0.29) is 29.0 Å². The van der Waals surface area contributed by atoms with Crippen molar-refractivity contribution in [3.8, 4) is 17.1 Å². The lowest BCUT2D eigenvalue weighted by Crippen LogP contribution is -2.46. The van der Waals surface area contributed by atoms with E-state index in [0.717, 1.165) is 0 Å². The van der Waals surface area contributed by atoms with Gasteiger partial charge in [-0.15, -0.1) is 5.10 Å². The molecule has 1 aliphatic heterocycles. The fourth-order valence-corrected chi connectivity index (χ4v) is 4.51. The Morgan fingerprint density at radius 2 is 2.21 bits per heavy atom. The molecule has 0 aliphatic carbocycles. The molecule has 0 spiro atoms. The fraction of sp³-hybridized carbons (Fsp3) is 0.500. The van der Waals surface area contributed by atoms with Crippen LogP contribution in [0.2, 0.25) is 0 Å². The first kappa shape index (κ1) is 21.2. The highest BCUT2D eigenvalue weighted by molar-refractivity contribution is 7.93. The number of halogens is 1. The largest absolute Gasteiger partial charge is 0.497 e. The molecule has 0 unspecified atom stereocenters. The summed E-state index contributed by atoms with van der Waals surface area (Å²) in [7, 11) is -2.33. The fourth-order valence-electron chi connectivity index (χ4n) is 2.88. The molecule has 1 aromatic heterocycles. The molecule has 3 rings (SSSR count). The first-order valence-electron chi connectivity index (χ1n) is 9.02. The molecular formula is C18H23FN4O5S. The van der Waals surface area contributed by atoms with Crippen molar-refractivity contribution in [3.05, 3.63) is 24.0 Å². The van der Waals surface area contributed by atoms with Crippen LogP contribution >= 0.6 is 0 Å². The van der Waals surface area contributed by atoms with Crippen LogP contribution in [-0.4, -0.2) is 60.3 Å². The van der Waals surface area contributed by atoms with Crippen LogP contribution in [0.15, 0.2) is 18.2 Å². The molecule has 2 aromatic rings. The Kier molecular flexibility index (Phi) is 5.90.